The maximum atomic E-state index is 2.33. The first kappa shape index (κ1) is 26.0. The van der Waals surface area contributed by atoms with Crippen LogP contribution in [-0.2, 0) is 6.42 Å². The van der Waals surface area contributed by atoms with E-state index in [1.165, 1.54) is 124 Å². The van der Waals surface area contributed by atoms with Gasteiger partial charge in [-0.3, -0.25) is 0 Å². The summed E-state index contributed by atoms with van der Waals surface area (Å²) in [5.74, 6) is 1.25. The highest BCUT2D eigenvalue weighted by atomic mass is 32.2. The second-order valence-electron chi connectivity index (χ2n) is 9.06. The van der Waals surface area contributed by atoms with Gasteiger partial charge in [0.1, 0.15) is 0 Å². The number of rotatable bonds is 18. The lowest BCUT2D eigenvalue weighted by molar-refractivity contribution is 0.586. The van der Waals surface area contributed by atoms with E-state index in [0.717, 1.165) is 0 Å². The predicted octanol–water partition coefficient (Wildman–Crippen LogP) is 10.5. The minimum atomic E-state index is 1.22. The second kappa shape index (κ2) is 17.4. The maximum absolute atomic E-state index is 2.33. The SMILES string of the molecule is CCCCCCCCCCSc1ccc(-c2ccc(CCCCCCCC)cc2)cc1. The molecule has 0 bridgehead atoms. The van der Waals surface area contributed by atoms with Crippen LogP contribution in [0.2, 0.25) is 0 Å². The van der Waals surface area contributed by atoms with Gasteiger partial charge in [0.25, 0.3) is 0 Å². The summed E-state index contributed by atoms with van der Waals surface area (Å²) < 4.78 is 0. The number of hydrogen-bond donors (Lipinski definition) is 0. The van der Waals surface area contributed by atoms with Gasteiger partial charge in [-0.2, -0.15) is 0 Å². The first-order valence-electron chi connectivity index (χ1n) is 13.2. The molecule has 0 N–H and O–H groups in total. The van der Waals surface area contributed by atoms with Crippen LogP contribution in [0.3, 0.4) is 0 Å². The van der Waals surface area contributed by atoms with Crippen LogP contribution in [0.4, 0.5) is 0 Å². The van der Waals surface area contributed by atoms with E-state index in [1.807, 2.05) is 11.8 Å². The van der Waals surface area contributed by atoms with Gasteiger partial charge in [-0.1, -0.05) is 127 Å². The van der Waals surface area contributed by atoms with Crippen LogP contribution in [0.25, 0.3) is 11.1 Å². The first-order chi connectivity index (χ1) is 15.3. The number of aryl methyl sites for hydroxylation is 1. The molecule has 0 aliphatic heterocycles. The van der Waals surface area contributed by atoms with E-state index in [2.05, 4.69) is 62.4 Å². The average Bonchev–Trinajstić information content (AvgIpc) is 2.81. The van der Waals surface area contributed by atoms with E-state index < -0.39 is 0 Å². The Balaban J connectivity index is 1.62. The van der Waals surface area contributed by atoms with Crippen LogP contribution >= 0.6 is 11.8 Å². The van der Waals surface area contributed by atoms with Crippen molar-refractivity contribution in [2.45, 2.75) is 115 Å². The molecule has 2 aromatic carbocycles. The van der Waals surface area contributed by atoms with Gasteiger partial charge in [-0.25, -0.2) is 0 Å². The highest BCUT2D eigenvalue weighted by Crippen LogP contribution is 2.26. The largest absolute Gasteiger partial charge is 0.126 e. The lowest BCUT2D eigenvalue weighted by Crippen LogP contribution is -1.87. The summed E-state index contributed by atoms with van der Waals surface area (Å²) >= 11 is 2.01. The van der Waals surface area contributed by atoms with Gasteiger partial charge in [-0.15, -0.1) is 11.8 Å². The molecule has 0 heterocycles. The van der Waals surface area contributed by atoms with Crippen molar-refractivity contribution in [3.05, 3.63) is 54.1 Å². The summed E-state index contributed by atoms with van der Waals surface area (Å²) in [6.07, 6.45) is 20.7. The van der Waals surface area contributed by atoms with Gasteiger partial charge in [0.2, 0.25) is 0 Å². The molecule has 1 heteroatoms. The quantitative estimate of drug-likeness (QED) is 0.165. The fourth-order valence-electron chi connectivity index (χ4n) is 4.14. The van der Waals surface area contributed by atoms with Gasteiger partial charge in [0.15, 0.2) is 0 Å². The fraction of sp³-hybridized carbons (Fsp3) is 0.600. The van der Waals surface area contributed by atoms with Crippen molar-refractivity contribution in [2.24, 2.45) is 0 Å². The van der Waals surface area contributed by atoms with E-state index in [1.54, 1.807) is 0 Å². The summed E-state index contributed by atoms with van der Waals surface area (Å²) in [4.78, 5) is 1.41. The van der Waals surface area contributed by atoms with Crippen LogP contribution in [0.5, 0.6) is 0 Å². The first-order valence-corrected chi connectivity index (χ1v) is 14.1. The van der Waals surface area contributed by atoms with Crippen molar-refractivity contribution >= 4 is 11.8 Å². The second-order valence-corrected chi connectivity index (χ2v) is 10.2. The highest BCUT2D eigenvalue weighted by molar-refractivity contribution is 7.99. The topological polar surface area (TPSA) is 0 Å². The van der Waals surface area contributed by atoms with Crippen LogP contribution in [0.1, 0.15) is 109 Å². The Kier molecular flexibility index (Phi) is 14.6. The van der Waals surface area contributed by atoms with E-state index in [4.69, 9.17) is 0 Å². The van der Waals surface area contributed by atoms with Gasteiger partial charge in [-0.05, 0) is 53.8 Å². The van der Waals surface area contributed by atoms with Crippen molar-refractivity contribution in [2.75, 3.05) is 5.75 Å². The van der Waals surface area contributed by atoms with Crippen molar-refractivity contribution in [3.63, 3.8) is 0 Å². The third-order valence-corrected chi connectivity index (χ3v) is 7.33. The molecule has 2 aromatic rings. The van der Waals surface area contributed by atoms with Crippen LogP contribution < -0.4 is 0 Å². The van der Waals surface area contributed by atoms with Gasteiger partial charge in [0, 0.05) is 4.90 Å². The molecule has 0 saturated heterocycles. The van der Waals surface area contributed by atoms with Crippen molar-refractivity contribution in [1.29, 1.82) is 0 Å². The lowest BCUT2D eigenvalue weighted by Gasteiger charge is -2.07. The molecule has 0 spiro atoms. The molecule has 0 aromatic heterocycles. The molecule has 0 aliphatic rings. The molecule has 172 valence electrons. The minimum Gasteiger partial charge on any atom is -0.126 e. The Morgan fingerprint density at radius 1 is 0.484 bits per heavy atom. The summed E-state index contributed by atoms with van der Waals surface area (Å²) in [5.41, 5.74) is 4.16. The van der Waals surface area contributed by atoms with Crippen molar-refractivity contribution < 1.29 is 0 Å². The average molecular weight is 439 g/mol. The van der Waals surface area contributed by atoms with Crippen LogP contribution in [-0.4, -0.2) is 5.75 Å². The molecule has 0 fully saturated rings. The Bertz CT molecular complexity index is 656. The van der Waals surface area contributed by atoms with E-state index in [-0.39, 0.29) is 0 Å². The molecule has 2 rings (SSSR count). The molecule has 0 aliphatic carbocycles. The molecule has 0 saturated carbocycles. The third kappa shape index (κ3) is 11.8. The maximum Gasteiger partial charge on any atom is 0.00723 e. The Labute approximate surface area is 197 Å². The van der Waals surface area contributed by atoms with Gasteiger partial charge < -0.3 is 0 Å². The molecule has 0 amide bonds. The summed E-state index contributed by atoms with van der Waals surface area (Å²) in [6, 6.07) is 18.4. The molecular formula is C30H46S. The molecule has 31 heavy (non-hydrogen) atoms. The summed E-state index contributed by atoms with van der Waals surface area (Å²) in [6.45, 7) is 4.57. The van der Waals surface area contributed by atoms with E-state index in [9.17, 15) is 0 Å². The third-order valence-electron chi connectivity index (χ3n) is 6.23. The number of benzene rings is 2. The molecule has 0 radical (unpaired) electrons. The molecular weight excluding hydrogens is 392 g/mol. The van der Waals surface area contributed by atoms with Gasteiger partial charge >= 0.3 is 0 Å². The zero-order chi connectivity index (χ0) is 22.0. The number of unbranched alkanes of at least 4 members (excludes halogenated alkanes) is 12. The fourth-order valence-corrected chi connectivity index (χ4v) is 5.06. The van der Waals surface area contributed by atoms with E-state index >= 15 is 0 Å². The Morgan fingerprint density at radius 3 is 1.48 bits per heavy atom. The van der Waals surface area contributed by atoms with Crippen molar-refractivity contribution in [3.8, 4) is 11.1 Å². The molecule has 0 nitrogen and oxygen atoms in total. The zero-order valence-electron chi connectivity index (χ0n) is 20.3. The number of thioether (sulfide) groups is 1. The Hall–Kier alpha value is -1.21. The smallest absolute Gasteiger partial charge is 0.00723 e. The normalized spacial score (nSPS) is 11.2. The lowest BCUT2D eigenvalue weighted by atomic mass is 10.0. The molecule has 0 unspecified atom stereocenters. The number of hydrogen-bond acceptors (Lipinski definition) is 1. The van der Waals surface area contributed by atoms with Crippen LogP contribution in [0, 0.1) is 0 Å². The zero-order valence-corrected chi connectivity index (χ0v) is 21.2. The van der Waals surface area contributed by atoms with E-state index in [0.29, 0.717) is 0 Å². The molecule has 0 atom stereocenters. The summed E-state index contributed by atoms with van der Waals surface area (Å²) in [5, 5.41) is 0. The van der Waals surface area contributed by atoms with Crippen molar-refractivity contribution in [1.82, 2.24) is 0 Å². The predicted molar refractivity (Wildman–Crippen MR) is 142 cm³/mol. The Morgan fingerprint density at radius 2 is 0.935 bits per heavy atom. The van der Waals surface area contributed by atoms with Gasteiger partial charge in [0.05, 0.1) is 0 Å². The summed E-state index contributed by atoms with van der Waals surface area (Å²) in [7, 11) is 0. The highest BCUT2D eigenvalue weighted by Gasteiger charge is 2.01. The van der Waals surface area contributed by atoms with Crippen LogP contribution in [0.15, 0.2) is 53.4 Å². The minimum absolute atomic E-state index is 1.22. The monoisotopic (exact) mass is 438 g/mol. The standard InChI is InChI=1S/C30H46S/c1-3-5-7-9-11-12-14-16-26-31-30-24-22-29(23-25-30)28-20-18-27(19-21-28)17-15-13-10-8-6-4-2/h18-25H,3-17,26H2,1-2H3.